The van der Waals surface area contributed by atoms with Gasteiger partial charge >= 0.3 is 0 Å². The summed E-state index contributed by atoms with van der Waals surface area (Å²) in [5.41, 5.74) is 5.52. The van der Waals surface area contributed by atoms with Crippen LogP contribution in [0.4, 0.5) is 0 Å². The average Bonchev–Trinajstić information content (AvgIpc) is 1.87. The molecule has 0 aliphatic carbocycles. The lowest BCUT2D eigenvalue weighted by atomic mass is 10.1. The smallest absolute Gasteiger partial charge is 0.103 e. The number of amidine groups is 1. The fourth-order valence-electron chi connectivity index (χ4n) is 0.458. The van der Waals surface area contributed by atoms with Crippen molar-refractivity contribution in [1.29, 1.82) is 0 Å². The second-order valence-corrected chi connectivity index (χ2v) is 2.89. The Morgan fingerprint density at radius 1 is 1.70 bits per heavy atom. The maximum atomic E-state index is 5.76. The molecule has 0 aliphatic rings. The van der Waals surface area contributed by atoms with Crippen LogP contribution in [0.1, 0.15) is 13.8 Å². The van der Waals surface area contributed by atoms with Gasteiger partial charge in [0.2, 0.25) is 0 Å². The third-order valence-electron chi connectivity index (χ3n) is 1.40. The van der Waals surface area contributed by atoms with Crippen LogP contribution in [-0.4, -0.2) is 11.2 Å². The molecule has 2 N–H and O–H groups in total. The van der Waals surface area contributed by atoms with E-state index in [0.29, 0.717) is 5.84 Å². The number of nitrogens with zero attached hydrogens (tertiary/aromatic N) is 1. The van der Waals surface area contributed by atoms with Crippen LogP contribution in [-0.2, 0) is 0 Å². The quantitative estimate of drug-likeness (QED) is 0.381. The zero-order chi connectivity index (χ0) is 8.15. The largest absolute Gasteiger partial charge is 0.387 e. The minimum Gasteiger partial charge on any atom is -0.387 e. The van der Waals surface area contributed by atoms with E-state index in [4.69, 9.17) is 17.3 Å². The van der Waals surface area contributed by atoms with Gasteiger partial charge in [0, 0.05) is 17.5 Å². The van der Waals surface area contributed by atoms with Crippen molar-refractivity contribution in [2.45, 2.75) is 19.2 Å². The van der Waals surface area contributed by atoms with Crippen LogP contribution >= 0.6 is 11.6 Å². The molecular weight excluding hydrogens is 148 g/mol. The molecule has 0 radical (unpaired) electrons. The van der Waals surface area contributed by atoms with Gasteiger partial charge in [-0.3, -0.25) is 0 Å². The molecule has 3 heteroatoms. The minimum absolute atomic E-state index is 0.0173. The van der Waals surface area contributed by atoms with Crippen LogP contribution in [0.15, 0.2) is 17.8 Å². The van der Waals surface area contributed by atoms with Gasteiger partial charge in [-0.2, -0.15) is 0 Å². The van der Waals surface area contributed by atoms with Crippen molar-refractivity contribution < 1.29 is 0 Å². The first-order valence-electron chi connectivity index (χ1n) is 3.17. The van der Waals surface area contributed by atoms with E-state index in [1.54, 1.807) is 0 Å². The Labute approximate surface area is 66.8 Å². The lowest BCUT2D eigenvalue weighted by molar-refractivity contribution is 0.742. The number of hydrogen-bond donors (Lipinski definition) is 1. The van der Waals surface area contributed by atoms with Gasteiger partial charge < -0.3 is 5.73 Å². The minimum atomic E-state index is 0.0173. The van der Waals surface area contributed by atoms with Gasteiger partial charge in [-0.05, 0) is 6.92 Å². The van der Waals surface area contributed by atoms with Crippen molar-refractivity contribution in [3.63, 3.8) is 0 Å². The highest BCUT2D eigenvalue weighted by atomic mass is 35.5. The van der Waals surface area contributed by atoms with E-state index < -0.39 is 0 Å². The summed E-state index contributed by atoms with van der Waals surface area (Å²) in [5, 5.41) is 0.0173. The molecule has 1 unspecified atom stereocenters. The first kappa shape index (κ1) is 9.50. The Bertz CT molecular complexity index is 141. The summed E-state index contributed by atoms with van der Waals surface area (Å²) in [6, 6.07) is 0. The van der Waals surface area contributed by atoms with Gasteiger partial charge in [-0.15, -0.1) is 11.6 Å². The molecule has 0 saturated carbocycles. The van der Waals surface area contributed by atoms with Crippen LogP contribution in [0, 0.1) is 5.92 Å². The van der Waals surface area contributed by atoms with E-state index in [2.05, 4.69) is 11.6 Å². The Balaban J connectivity index is 4.06. The normalized spacial score (nSPS) is 18.1. The molecule has 0 aromatic heterocycles. The first-order chi connectivity index (χ1) is 4.59. The summed E-state index contributed by atoms with van der Waals surface area (Å²) in [5.74, 6) is 0.650. The number of halogens is 1. The lowest BCUT2D eigenvalue weighted by Gasteiger charge is -2.11. The van der Waals surface area contributed by atoms with Crippen LogP contribution in [0.25, 0.3) is 0 Å². The topological polar surface area (TPSA) is 38.4 Å². The van der Waals surface area contributed by atoms with Gasteiger partial charge in [0.05, 0.1) is 0 Å². The SMILES string of the molecule is C=C/N=C(/N)C(C)[C@H](C)Cl. The molecule has 2 atom stereocenters. The molecule has 0 aliphatic heterocycles. The Morgan fingerprint density at radius 2 is 2.20 bits per heavy atom. The standard InChI is InChI=1S/C7H13ClN2/c1-4-10-7(9)5(2)6(3)8/h4-6H,1H2,2-3H3,(H2,9,10)/t5?,6-/m0/s1. The van der Waals surface area contributed by atoms with Gasteiger partial charge in [-0.1, -0.05) is 13.5 Å². The van der Waals surface area contributed by atoms with Crippen molar-refractivity contribution in [3.05, 3.63) is 12.8 Å². The highest BCUT2D eigenvalue weighted by molar-refractivity contribution is 6.22. The fourth-order valence-corrected chi connectivity index (χ4v) is 0.587. The average molecular weight is 161 g/mol. The van der Waals surface area contributed by atoms with E-state index in [9.17, 15) is 0 Å². The molecule has 0 heterocycles. The van der Waals surface area contributed by atoms with Crippen molar-refractivity contribution in [3.8, 4) is 0 Å². The molecule has 0 rings (SSSR count). The number of rotatable bonds is 3. The van der Waals surface area contributed by atoms with E-state index in [1.807, 2.05) is 13.8 Å². The van der Waals surface area contributed by atoms with Crippen LogP contribution in [0.2, 0.25) is 0 Å². The summed E-state index contributed by atoms with van der Waals surface area (Å²) < 4.78 is 0. The maximum Gasteiger partial charge on any atom is 0.103 e. The van der Waals surface area contributed by atoms with Gasteiger partial charge in [-0.25, -0.2) is 4.99 Å². The third-order valence-corrected chi connectivity index (χ3v) is 1.77. The molecule has 0 fully saturated rings. The van der Waals surface area contributed by atoms with Crippen LogP contribution in [0.5, 0.6) is 0 Å². The molecule has 58 valence electrons. The second-order valence-electron chi connectivity index (χ2n) is 2.20. The summed E-state index contributed by atoms with van der Waals surface area (Å²) in [6.45, 7) is 7.25. The third kappa shape index (κ3) is 2.87. The van der Waals surface area contributed by atoms with E-state index in [1.165, 1.54) is 6.20 Å². The van der Waals surface area contributed by atoms with Crippen molar-refractivity contribution in [1.82, 2.24) is 0 Å². The number of nitrogens with two attached hydrogens (primary N) is 1. The molecule has 0 amide bonds. The number of hydrogen-bond acceptors (Lipinski definition) is 1. The Morgan fingerprint density at radius 3 is 2.50 bits per heavy atom. The highest BCUT2D eigenvalue weighted by Crippen LogP contribution is 2.08. The summed E-state index contributed by atoms with van der Waals surface area (Å²) in [7, 11) is 0. The fraction of sp³-hybridized carbons (Fsp3) is 0.571. The second kappa shape index (κ2) is 4.34. The Hall–Kier alpha value is -0.500. The van der Waals surface area contributed by atoms with Crippen molar-refractivity contribution >= 4 is 17.4 Å². The molecule has 0 aromatic carbocycles. The van der Waals surface area contributed by atoms with Crippen LogP contribution < -0.4 is 5.73 Å². The highest BCUT2D eigenvalue weighted by Gasteiger charge is 2.11. The molecule has 0 bridgehead atoms. The molecule has 0 saturated heterocycles. The predicted octanol–water partition coefficient (Wildman–Crippen LogP) is 1.75. The molecule has 0 aromatic rings. The predicted molar refractivity (Wildman–Crippen MR) is 46.3 cm³/mol. The molecule has 10 heavy (non-hydrogen) atoms. The molecular formula is C7H13ClN2. The summed E-state index contributed by atoms with van der Waals surface area (Å²) in [6.07, 6.45) is 1.42. The number of alkyl halides is 1. The van der Waals surface area contributed by atoms with Crippen molar-refractivity contribution in [2.24, 2.45) is 16.6 Å². The zero-order valence-electron chi connectivity index (χ0n) is 6.34. The maximum absolute atomic E-state index is 5.76. The van der Waals surface area contributed by atoms with E-state index >= 15 is 0 Å². The molecule has 0 spiro atoms. The van der Waals surface area contributed by atoms with Gasteiger partial charge in [0.15, 0.2) is 0 Å². The van der Waals surface area contributed by atoms with E-state index in [-0.39, 0.29) is 11.3 Å². The van der Waals surface area contributed by atoms with E-state index in [0.717, 1.165) is 0 Å². The van der Waals surface area contributed by atoms with Crippen molar-refractivity contribution in [2.75, 3.05) is 0 Å². The number of aliphatic imine (C=N–C) groups is 1. The van der Waals surface area contributed by atoms with Gasteiger partial charge in [0.1, 0.15) is 5.84 Å². The summed E-state index contributed by atoms with van der Waals surface area (Å²) >= 11 is 5.76. The monoisotopic (exact) mass is 160 g/mol. The molecule has 2 nitrogen and oxygen atoms in total. The first-order valence-corrected chi connectivity index (χ1v) is 3.61. The summed E-state index contributed by atoms with van der Waals surface area (Å²) in [4.78, 5) is 3.82. The zero-order valence-corrected chi connectivity index (χ0v) is 7.10. The van der Waals surface area contributed by atoms with Crippen LogP contribution in [0.3, 0.4) is 0 Å². The Kier molecular flexibility index (Phi) is 4.12. The lowest BCUT2D eigenvalue weighted by Crippen LogP contribution is -2.26. The van der Waals surface area contributed by atoms with Gasteiger partial charge in [0.25, 0.3) is 0 Å².